The summed E-state index contributed by atoms with van der Waals surface area (Å²) in [6.45, 7) is 1.88. The highest BCUT2D eigenvalue weighted by atomic mass is 19.4. The van der Waals surface area contributed by atoms with Crippen LogP contribution < -0.4 is 4.74 Å². The Morgan fingerprint density at radius 3 is 2.41 bits per heavy atom. The van der Waals surface area contributed by atoms with E-state index in [0.29, 0.717) is 12.1 Å². The molecule has 0 unspecified atom stereocenters. The monoisotopic (exact) mass is 398 g/mol. The number of nitriles is 1. The van der Waals surface area contributed by atoms with E-state index in [1.54, 1.807) is 30.3 Å². The first-order chi connectivity index (χ1) is 13.8. The Labute approximate surface area is 165 Å². The van der Waals surface area contributed by atoms with Crippen LogP contribution in [0.1, 0.15) is 22.4 Å². The van der Waals surface area contributed by atoms with Crippen LogP contribution in [0.4, 0.5) is 13.2 Å². The molecule has 0 bridgehead atoms. The first kappa shape index (κ1) is 20.4. The predicted octanol–water partition coefficient (Wildman–Crippen LogP) is 5.27. The van der Waals surface area contributed by atoms with Crippen LogP contribution in [0, 0.1) is 18.3 Å². The van der Waals surface area contributed by atoms with Gasteiger partial charge in [0, 0.05) is 17.9 Å². The third-order valence-corrected chi connectivity index (χ3v) is 4.21. The van der Waals surface area contributed by atoms with Crippen LogP contribution in [0.2, 0.25) is 0 Å². The molecule has 0 radical (unpaired) electrons. The number of nitrogens with zero attached hydrogens (tertiary/aromatic N) is 2. The highest BCUT2D eigenvalue weighted by Crippen LogP contribution is 2.39. The van der Waals surface area contributed by atoms with Gasteiger partial charge in [-0.25, -0.2) is 0 Å². The molecule has 0 spiro atoms. The Kier molecular flexibility index (Phi) is 5.85. The summed E-state index contributed by atoms with van der Waals surface area (Å²) in [5.41, 5.74) is 2.13. The Morgan fingerprint density at radius 1 is 1.07 bits per heavy atom. The number of pyridine rings is 1. The molecule has 0 saturated carbocycles. The molecule has 148 valence electrons. The van der Waals surface area contributed by atoms with Crippen LogP contribution in [-0.2, 0) is 12.6 Å². The summed E-state index contributed by atoms with van der Waals surface area (Å²) in [5.74, 6) is -0.143. The summed E-state index contributed by atoms with van der Waals surface area (Å²) < 4.78 is 45.3. The second kappa shape index (κ2) is 8.33. The van der Waals surface area contributed by atoms with Gasteiger partial charge in [-0.15, -0.1) is 0 Å². The highest BCUT2D eigenvalue weighted by molar-refractivity contribution is 5.61. The summed E-state index contributed by atoms with van der Waals surface area (Å²) >= 11 is 0. The largest absolute Gasteiger partial charge is 0.457 e. The second-order valence-corrected chi connectivity index (χ2v) is 6.42. The van der Waals surface area contributed by atoms with Gasteiger partial charge < -0.3 is 9.84 Å². The molecule has 3 rings (SSSR count). The maximum absolute atomic E-state index is 13.3. The lowest BCUT2D eigenvalue weighted by molar-refractivity contribution is -0.138. The van der Waals surface area contributed by atoms with Crippen molar-refractivity contribution in [2.24, 2.45) is 0 Å². The lowest BCUT2D eigenvalue weighted by atomic mass is 10.1. The first-order valence-corrected chi connectivity index (χ1v) is 8.78. The normalized spacial score (nSPS) is 11.2. The van der Waals surface area contributed by atoms with Gasteiger partial charge in [0.25, 0.3) is 0 Å². The quantitative estimate of drug-likeness (QED) is 0.635. The van der Waals surface area contributed by atoms with Gasteiger partial charge >= 0.3 is 6.18 Å². The second-order valence-electron chi connectivity index (χ2n) is 6.42. The molecular weight excluding hydrogens is 381 g/mol. The molecule has 0 amide bonds. The number of aromatic nitrogens is 1. The van der Waals surface area contributed by atoms with E-state index in [1.165, 1.54) is 6.07 Å². The van der Waals surface area contributed by atoms with Gasteiger partial charge in [-0.05, 0) is 73.5 Å². The molecule has 3 aromatic rings. The van der Waals surface area contributed by atoms with Gasteiger partial charge in [0.2, 0.25) is 0 Å². The minimum Gasteiger partial charge on any atom is -0.457 e. The minimum atomic E-state index is -4.64. The Hall–Kier alpha value is -3.37. The van der Waals surface area contributed by atoms with Crippen LogP contribution >= 0.6 is 0 Å². The third kappa shape index (κ3) is 4.92. The van der Waals surface area contributed by atoms with Gasteiger partial charge in [-0.1, -0.05) is 0 Å². The average Bonchev–Trinajstić information content (AvgIpc) is 2.68. The summed E-state index contributed by atoms with van der Waals surface area (Å²) in [6, 6.07) is 15.2. The number of rotatable bonds is 5. The van der Waals surface area contributed by atoms with Crippen molar-refractivity contribution in [3.63, 3.8) is 0 Å². The maximum atomic E-state index is 13.3. The maximum Gasteiger partial charge on any atom is 0.420 e. The van der Waals surface area contributed by atoms with Crippen molar-refractivity contribution in [3.8, 4) is 28.8 Å². The molecular formula is C22H17F3N2O2. The van der Waals surface area contributed by atoms with Crippen LogP contribution in [0.3, 0.4) is 0 Å². The van der Waals surface area contributed by atoms with Crippen molar-refractivity contribution in [1.29, 1.82) is 5.26 Å². The summed E-state index contributed by atoms with van der Waals surface area (Å²) in [5, 5.41) is 18.0. The summed E-state index contributed by atoms with van der Waals surface area (Å²) in [4.78, 5) is 4.46. The Morgan fingerprint density at radius 2 is 1.79 bits per heavy atom. The van der Waals surface area contributed by atoms with E-state index in [4.69, 9.17) is 15.1 Å². The van der Waals surface area contributed by atoms with Crippen LogP contribution in [0.25, 0.3) is 11.3 Å². The Balaban J connectivity index is 1.88. The minimum absolute atomic E-state index is 0.0296. The predicted molar refractivity (Wildman–Crippen MR) is 101 cm³/mol. The SMILES string of the molecule is Cc1cc(CCO)cc(-c2ccc(Oc3ccc(C#N)cc3C(F)(F)F)cc2)n1. The van der Waals surface area contributed by atoms with E-state index in [-0.39, 0.29) is 23.7 Å². The lowest BCUT2D eigenvalue weighted by Crippen LogP contribution is -2.07. The number of benzene rings is 2. The van der Waals surface area contributed by atoms with Crippen molar-refractivity contribution >= 4 is 0 Å². The number of aliphatic hydroxyl groups excluding tert-OH is 1. The number of aryl methyl sites for hydroxylation is 1. The lowest BCUT2D eigenvalue weighted by Gasteiger charge is -2.14. The van der Waals surface area contributed by atoms with Crippen molar-refractivity contribution in [1.82, 2.24) is 4.98 Å². The molecule has 0 aliphatic heterocycles. The number of alkyl halides is 3. The number of halogens is 3. The molecule has 0 aliphatic carbocycles. The number of hydrogen-bond acceptors (Lipinski definition) is 4. The average molecular weight is 398 g/mol. The summed E-state index contributed by atoms with van der Waals surface area (Å²) in [7, 11) is 0. The van der Waals surface area contributed by atoms with Crippen molar-refractivity contribution in [2.75, 3.05) is 6.61 Å². The molecule has 2 aromatic carbocycles. The van der Waals surface area contributed by atoms with Gasteiger partial charge in [-0.3, -0.25) is 4.98 Å². The standard InChI is InChI=1S/C22H17F3N2O2/c1-14-10-15(8-9-28)12-20(27-14)17-3-5-18(6-4-17)29-21-7-2-16(13-26)11-19(21)22(23,24)25/h2-7,10-12,28H,8-9H2,1H3. The molecule has 1 aromatic heterocycles. The zero-order valence-electron chi connectivity index (χ0n) is 15.5. The smallest absolute Gasteiger partial charge is 0.420 e. The zero-order valence-corrected chi connectivity index (χ0v) is 15.5. The van der Waals surface area contributed by atoms with E-state index in [1.807, 2.05) is 19.1 Å². The van der Waals surface area contributed by atoms with Gasteiger partial charge in [0.05, 0.1) is 22.9 Å². The molecule has 0 saturated heterocycles. The van der Waals surface area contributed by atoms with Crippen molar-refractivity contribution < 1.29 is 23.0 Å². The third-order valence-electron chi connectivity index (χ3n) is 4.21. The topological polar surface area (TPSA) is 66.1 Å². The van der Waals surface area contributed by atoms with E-state index < -0.39 is 11.7 Å². The van der Waals surface area contributed by atoms with Gasteiger partial charge in [-0.2, -0.15) is 18.4 Å². The van der Waals surface area contributed by atoms with Crippen LogP contribution in [-0.4, -0.2) is 16.7 Å². The van der Waals surface area contributed by atoms with E-state index >= 15 is 0 Å². The highest BCUT2D eigenvalue weighted by Gasteiger charge is 2.35. The fraction of sp³-hybridized carbons (Fsp3) is 0.182. The van der Waals surface area contributed by atoms with Crippen molar-refractivity contribution in [2.45, 2.75) is 19.5 Å². The molecule has 1 N–H and O–H groups in total. The molecule has 0 atom stereocenters. The fourth-order valence-electron chi connectivity index (χ4n) is 2.89. The molecule has 29 heavy (non-hydrogen) atoms. The van der Waals surface area contributed by atoms with E-state index in [0.717, 1.165) is 29.0 Å². The van der Waals surface area contributed by atoms with E-state index in [2.05, 4.69) is 4.98 Å². The molecule has 7 heteroatoms. The van der Waals surface area contributed by atoms with Gasteiger partial charge in [0.1, 0.15) is 11.5 Å². The number of ether oxygens (including phenoxy) is 1. The van der Waals surface area contributed by atoms with Crippen LogP contribution in [0.5, 0.6) is 11.5 Å². The summed E-state index contributed by atoms with van der Waals surface area (Å²) in [6.07, 6.45) is -4.13. The van der Waals surface area contributed by atoms with Gasteiger partial charge in [0.15, 0.2) is 0 Å². The molecule has 4 nitrogen and oxygen atoms in total. The number of hydrogen-bond donors (Lipinski definition) is 1. The fourth-order valence-corrected chi connectivity index (χ4v) is 2.89. The Bertz CT molecular complexity index is 1060. The molecule has 1 heterocycles. The number of aliphatic hydroxyl groups is 1. The van der Waals surface area contributed by atoms with E-state index in [9.17, 15) is 13.2 Å². The molecule has 0 fully saturated rings. The zero-order chi connectivity index (χ0) is 21.0. The first-order valence-electron chi connectivity index (χ1n) is 8.78. The molecule has 0 aliphatic rings. The van der Waals surface area contributed by atoms with Crippen molar-refractivity contribution in [3.05, 3.63) is 77.0 Å². The van der Waals surface area contributed by atoms with Crippen LogP contribution in [0.15, 0.2) is 54.6 Å².